The van der Waals surface area contributed by atoms with Crippen molar-refractivity contribution in [1.29, 1.82) is 0 Å². The molecule has 0 saturated carbocycles. The van der Waals surface area contributed by atoms with Gasteiger partial charge in [-0.15, -0.1) is 0 Å². The van der Waals surface area contributed by atoms with Gasteiger partial charge < -0.3 is 14.6 Å². The fraction of sp³-hybridized carbons (Fsp3) is 0.571. The summed E-state index contributed by atoms with van der Waals surface area (Å²) in [7, 11) is 0. The van der Waals surface area contributed by atoms with Crippen molar-refractivity contribution in [2.75, 3.05) is 26.4 Å². The third-order valence-electron chi connectivity index (χ3n) is 1.25. The molecule has 0 unspecified atom stereocenters. The van der Waals surface area contributed by atoms with E-state index in [1.807, 2.05) is 0 Å². The zero-order valence-electron chi connectivity index (χ0n) is 7.69. The molecule has 8 heteroatoms. The molecule has 1 rings (SSSR count). The molecule has 0 bridgehead atoms. The molecule has 0 aliphatic heterocycles. The van der Waals surface area contributed by atoms with Gasteiger partial charge in [0.25, 0.3) is 0 Å². The second kappa shape index (κ2) is 6.73. The van der Waals surface area contributed by atoms with E-state index in [9.17, 15) is 0 Å². The average Bonchev–Trinajstić information content (AvgIpc) is 2.16. The van der Waals surface area contributed by atoms with Crippen molar-refractivity contribution in [2.24, 2.45) is 0 Å². The minimum Gasteiger partial charge on any atom is -0.461 e. The topological polar surface area (TPSA) is 77.4 Å². The van der Waals surface area contributed by atoms with E-state index >= 15 is 0 Å². The molecule has 1 aromatic heterocycles. The van der Waals surface area contributed by atoms with Gasteiger partial charge in [0.15, 0.2) is 0 Å². The van der Waals surface area contributed by atoms with Crippen LogP contribution in [-0.2, 0) is 4.74 Å². The minimum absolute atomic E-state index is 0.0244. The summed E-state index contributed by atoms with van der Waals surface area (Å²) in [6.45, 7) is 0.809. The van der Waals surface area contributed by atoms with Gasteiger partial charge in [-0.1, -0.05) is 0 Å². The van der Waals surface area contributed by atoms with Crippen molar-refractivity contribution >= 4 is 23.2 Å². The Morgan fingerprint density at radius 3 is 2.27 bits per heavy atom. The number of ether oxygens (including phenoxy) is 2. The van der Waals surface area contributed by atoms with Gasteiger partial charge >= 0.3 is 6.01 Å². The zero-order valence-corrected chi connectivity index (χ0v) is 9.20. The molecule has 6 nitrogen and oxygen atoms in total. The summed E-state index contributed by atoms with van der Waals surface area (Å²) in [6.07, 6.45) is 0. The van der Waals surface area contributed by atoms with Crippen LogP contribution in [0.2, 0.25) is 10.6 Å². The first-order chi connectivity index (χ1) is 7.22. The molecule has 0 aliphatic carbocycles. The number of aliphatic hydroxyl groups excluding tert-OH is 1. The maximum atomic E-state index is 8.42. The van der Waals surface area contributed by atoms with E-state index in [0.29, 0.717) is 6.61 Å². The number of rotatable bonds is 6. The van der Waals surface area contributed by atoms with Crippen molar-refractivity contribution in [1.82, 2.24) is 15.0 Å². The maximum absolute atomic E-state index is 8.42. The van der Waals surface area contributed by atoms with Gasteiger partial charge in [-0.25, -0.2) is 0 Å². The van der Waals surface area contributed by atoms with Crippen molar-refractivity contribution in [3.05, 3.63) is 10.6 Å². The average molecular weight is 254 g/mol. The predicted octanol–water partition coefficient (Wildman–Crippen LogP) is 0.566. The van der Waals surface area contributed by atoms with Crippen molar-refractivity contribution in [2.45, 2.75) is 0 Å². The highest BCUT2D eigenvalue weighted by molar-refractivity contribution is 6.31. The molecular formula is C7H9Cl2N3O3. The first-order valence-corrected chi connectivity index (χ1v) is 4.86. The van der Waals surface area contributed by atoms with Gasteiger partial charge in [-0.2, -0.15) is 15.0 Å². The van der Waals surface area contributed by atoms with Crippen LogP contribution in [0.1, 0.15) is 0 Å². The molecule has 0 aliphatic rings. The Morgan fingerprint density at radius 1 is 1.00 bits per heavy atom. The van der Waals surface area contributed by atoms with Crippen LogP contribution < -0.4 is 4.74 Å². The summed E-state index contributed by atoms with van der Waals surface area (Å²) in [5, 5.41) is 8.37. The van der Waals surface area contributed by atoms with E-state index in [2.05, 4.69) is 15.0 Å². The first-order valence-electron chi connectivity index (χ1n) is 4.11. The van der Waals surface area contributed by atoms with Crippen LogP contribution in [-0.4, -0.2) is 46.5 Å². The summed E-state index contributed by atoms with van der Waals surface area (Å²) < 4.78 is 10.0. The Balaban J connectivity index is 2.31. The summed E-state index contributed by atoms with van der Waals surface area (Å²) >= 11 is 11.0. The second-order valence-corrected chi connectivity index (χ2v) is 3.02. The monoisotopic (exact) mass is 253 g/mol. The van der Waals surface area contributed by atoms with Gasteiger partial charge in [0.2, 0.25) is 10.6 Å². The number of aliphatic hydroxyl groups is 1. The second-order valence-electron chi connectivity index (χ2n) is 2.34. The molecule has 0 fully saturated rings. The Bertz CT molecular complexity index is 293. The van der Waals surface area contributed by atoms with Gasteiger partial charge in [0, 0.05) is 0 Å². The molecule has 1 N–H and O–H groups in total. The van der Waals surface area contributed by atoms with E-state index in [-0.39, 0.29) is 36.4 Å². The minimum atomic E-state index is -0.0266. The summed E-state index contributed by atoms with van der Waals surface area (Å²) in [4.78, 5) is 10.9. The largest absolute Gasteiger partial charge is 0.461 e. The standard InChI is InChI=1S/C7H9Cl2N3O3/c8-5-10-6(9)12-7(11-5)15-4-3-14-2-1-13/h13H,1-4H2. The van der Waals surface area contributed by atoms with Crippen LogP contribution >= 0.6 is 23.2 Å². The molecule has 0 radical (unpaired) electrons. The van der Waals surface area contributed by atoms with Crippen LogP contribution in [0.4, 0.5) is 0 Å². The molecule has 0 saturated heterocycles. The quantitative estimate of drug-likeness (QED) is 0.747. The van der Waals surface area contributed by atoms with Gasteiger partial charge in [0.05, 0.1) is 19.8 Å². The van der Waals surface area contributed by atoms with E-state index in [1.54, 1.807) is 0 Å². The molecule has 0 amide bonds. The van der Waals surface area contributed by atoms with Crippen molar-refractivity contribution in [3.63, 3.8) is 0 Å². The lowest BCUT2D eigenvalue weighted by Crippen LogP contribution is -2.10. The molecule has 0 aromatic carbocycles. The zero-order chi connectivity index (χ0) is 11.1. The van der Waals surface area contributed by atoms with E-state index in [0.717, 1.165) is 0 Å². The fourth-order valence-electron chi connectivity index (χ4n) is 0.732. The van der Waals surface area contributed by atoms with Crippen LogP contribution in [0.15, 0.2) is 0 Å². The molecular weight excluding hydrogens is 245 g/mol. The van der Waals surface area contributed by atoms with Crippen molar-refractivity contribution in [3.8, 4) is 6.01 Å². The lowest BCUT2D eigenvalue weighted by Gasteiger charge is -2.04. The predicted molar refractivity (Wildman–Crippen MR) is 53.2 cm³/mol. The van der Waals surface area contributed by atoms with E-state index in [4.69, 9.17) is 37.8 Å². The Labute approximate surface area is 96.2 Å². The summed E-state index contributed by atoms with van der Waals surface area (Å²) in [6, 6.07) is 0.0487. The third-order valence-corrected chi connectivity index (χ3v) is 1.59. The first kappa shape index (κ1) is 12.4. The number of nitrogens with zero attached hydrogens (tertiary/aromatic N) is 3. The van der Waals surface area contributed by atoms with E-state index < -0.39 is 0 Å². The van der Waals surface area contributed by atoms with Crippen LogP contribution in [0.3, 0.4) is 0 Å². The lowest BCUT2D eigenvalue weighted by molar-refractivity contribution is 0.0683. The third kappa shape index (κ3) is 5.08. The number of hydrogen-bond acceptors (Lipinski definition) is 6. The fourth-order valence-corrected chi connectivity index (χ4v) is 1.08. The van der Waals surface area contributed by atoms with Crippen LogP contribution in [0.5, 0.6) is 6.01 Å². The Hall–Kier alpha value is -0.690. The number of aromatic nitrogens is 3. The highest BCUT2D eigenvalue weighted by Crippen LogP contribution is 2.10. The van der Waals surface area contributed by atoms with Gasteiger partial charge in [-0.05, 0) is 23.2 Å². The maximum Gasteiger partial charge on any atom is 0.322 e. The Kier molecular flexibility index (Phi) is 5.56. The van der Waals surface area contributed by atoms with E-state index in [1.165, 1.54) is 0 Å². The smallest absolute Gasteiger partial charge is 0.322 e. The molecule has 1 heterocycles. The SMILES string of the molecule is OCCOCCOc1nc(Cl)nc(Cl)n1. The Morgan fingerprint density at radius 2 is 1.67 bits per heavy atom. The highest BCUT2D eigenvalue weighted by atomic mass is 35.5. The van der Waals surface area contributed by atoms with Crippen LogP contribution in [0, 0.1) is 0 Å². The van der Waals surface area contributed by atoms with Crippen molar-refractivity contribution < 1.29 is 14.6 Å². The molecule has 84 valence electrons. The number of halogens is 2. The number of hydrogen-bond donors (Lipinski definition) is 1. The van der Waals surface area contributed by atoms with Gasteiger partial charge in [-0.3, -0.25) is 0 Å². The summed E-state index contributed by atoms with van der Waals surface area (Å²) in [5.41, 5.74) is 0. The molecule has 0 spiro atoms. The lowest BCUT2D eigenvalue weighted by atomic mass is 10.7. The summed E-state index contributed by atoms with van der Waals surface area (Å²) in [5.74, 6) is 0. The molecule has 0 atom stereocenters. The van der Waals surface area contributed by atoms with Gasteiger partial charge in [0.1, 0.15) is 6.61 Å². The molecule has 15 heavy (non-hydrogen) atoms. The van der Waals surface area contributed by atoms with Crippen LogP contribution in [0.25, 0.3) is 0 Å². The normalized spacial score (nSPS) is 10.3. The molecule has 1 aromatic rings. The highest BCUT2D eigenvalue weighted by Gasteiger charge is 2.03.